The van der Waals surface area contributed by atoms with Gasteiger partial charge in [-0.25, -0.2) is 4.98 Å². The number of benzene rings is 2. The number of nitrogens with zero attached hydrogens (tertiary/aromatic N) is 3. The number of aliphatic hydroxyl groups excluding tert-OH is 1. The molecule has 4 aromatic rings. The average Bonchev–Trinajstić information content (AvgIpc) is 3.27. The first-order valence-corrected chi connectivity index (χ1v) is 8.65. The maximum Gasteiger partial charge on any atom is 0.281 e. The molecular weight excluding hydrogens is 360 g/mol. The van der Waals surface area contributed by atoms with Gasteiger partial charge in [0.05, 0.1) is 48.3 Å². The molecule has 3 heterocycles. The molecule has 0 fully saturated rings. The lowest BCUT2D eigenvalue weighted by molar-refractivity contribution is 0.355. The third kappa shape index (κ3) is 2.21. The van der Waals surface area contributed by atoms with Crippen molar-refractivity contribution in [1.29, 1.82) is 0 Å². The van der Waals surface area contributed by atoms with E-state index in [0.29, 0.717) is 39.6 Å². The second-order valence-corrected chi connectivity index (χ2v) is 6.48. The minimum Gasteiger partial charge on any atom is -0.509 e. The van der Waals surface area contributed by atoms with Gasteiger partial charge < -0.3 is 24.1 Å². The van der Waals surface area contributed by atoms with E-state index in [0.717, 1.165) is 11.0 Å². The first-order chi connectivity index (χ1) is 13.6. The molecule has 28 heavy (non-hydrogen) atoms. The van der Waals surface area contributed by atoms with E-state index in [1.165, 1.54) is 14.2 Å². The molecule has 2 aromatic heterocycles. The number of hydrogen-bond acceptors (Lipinski definition) is 6. The van der Waals surface area contributed by atoms with Crippen LogP contribution in [0.1, 0.15) is 11.6 Å². The smallest absolute Gasteiger partial charge is 0.281 e. The van der Waals surface area contributed by atoms with E-state index < -0.39 is 5.56 Å². The number of H-pyrrole nitrogens is 1. The van der Waals surface area contributed by atoms with Crippen molar-refractivity contribution in [3.63, 3.8) is 0 Å². The van der Waals surface area contributed by atoms with Gasteiger partial charge in [-0.05, 0) is 18.2 Å². The Labute approximate surface area is 158 Å². The molecule has 0 amide bonds. The van der Waals surface area contributed by atoms with Gasteiger partial charge in [-0.1, -0.05) is 12.1 Å². The first-order valence-electron chi connectivity index (χ1n) is 8.65. The Kier molecular flexibility index (Phi) is 3.42. The number of methoxy groups -OCH3 is 2. The number of hydrogen-bond donors (Lipinski definition) is 2. The number of aliphatic hydroxyl groups is 1. The maximum atomic E-state index is 12.7. The summed E-state index contributed by atoms with van der Waals surface area (Å²) in [4.78, 5) is 24.7. The number of ether oxygens (including phenoxy) is 2. The van der Waals surface area contributed by atoms with Crippen LogP contribution in [0.5, 0.6) is 11.5 Å². The highest BCUT2D eigenvalue weighted by Crippen LogP contribution is 2.36. The van der Waals surface area contributed by atoms with Crippen molar-refractivity contribution in [3.8, 4) is 11.5 Å². The van der Waals surface area contributed by atoms with E-state index in [1.807, 2.05) is 24.3 Å². The zero-order valence-electron chi connectivity index (χ0n) is 15.2. The van der Waals surface area contributed by atoms with Crippen molar-refractivity contribution < 1.29 is 14.6 Å². The summed E-state index contributed by atoms with van der Waals surface area (Å²) in [6.07, 6.45) is 0. The lowest BCUT2D eigenvalue weighted by atomic mass is 10.2. The standard InChI is InChI=1S/C20H16N4O4/c1-27-15-7-10-13(8-16(15)28-2)24-9-14(25)17(19(24)23-20(10)26)18-21-11-5-3-4-6-12(11)22-18/h3-8,25H,9H2,1-2H3,(H,21,22). The number of aromatic nitrogens is 4. The fourth-order valence-electron chi connectivity index (χ4n) is 3.62. The fraction of sp³-hybridized carbons (Fsp3) is 0.150. The van der Waals surface area contributed by atoms with Crippen molar-refractivity contribution in [3.05, 3.63) is 64.2 Å². The molecule has 0 atom stereocenters. The lowest BCUT2D eigenvalue weighted by Gasteiger charge is -2.13. The molecule has 0 spiro atoms. The van der Waals surface area contributed by atoms with Crippen LogP contribution >= 0.6 is 0 Å². The molecule has 0 bridgehead atoms. The Balaban J connectivity index is 1.77. The summed E-state index contributed by atoms with van der Waals surface area (Å²) in [5.74, 6) is 1.86. The van der Waals surface area contributed by atoms with Crippen LogP contribution in [-0.4, -0.2) is 38.8 Å². The van der Waals surface area contributed by atoms with E-state index in [-0.39, 0.29) is 12.3 Å². The molecule has 140 valence electrons. The van der Waals surface area contributed by atoms with Gasteiger partial charge in [-0.3, -0.25) is 4.79 Å². The van der Waals surface area contributed by atoms with Crippen molar-refractivity contribution >= 4 is 27.5 Å². The topological polar surface area (TPSA) is 102 Å². The zero-order chi connectivity index (χ0) is 19.4. The van der Waals surface area contributed by atoms with Gasteiger partial charge in [0.1, 0.15) is 11.6 Å². The molecule has 2 N–H and O–H groups in total. The summed E-state index contributed by atoms with van der Waals surface area (Å²) in [6, 6.07) is 10.9. The van der Waals surface area contributed by atoms with E-state index >= 15 is 0 Å². The number of allylic oxidation sites excluding steroid dienone is 1. The molecule has 0 aliphatic carbocycles. The predicted octanol–water partition coefficient (Wildman–Crippen LogP) is 2.62. The third-order valence-electron chi connectivity index (χ3n) is 4.93. The molecule has 0 radical (unpaired) electrons. The monoisotopic (exact) mass is 376 g/mol. The van der Waals surface area contributed by atoms with Crippen LogP contribution < -0.4 is 15.0 Å². The highest BCUT2D eigenvalue weighted by atomic mass is 16.5. The average molecular weight is 376 g/mol. The van der Waals surface area contributed by atoms with Gasteiger partial charge in [0.25, 0.3) is 5.56 Å². The van der Waals surface area contributed by atoms with Gasteiger partial charge in [0, 0.05) is 6.07 Å². The number of para-hydroxylation sites is 2. The molecule has 8 nitrogen and oxygen atoms in total. The highest BCUT2D eigenvalue weighted by molar-refractivity contribution is 5.88. The SMILES string of the molecule is COc1cc2c(=O)nc3n(c2cc1OC)CC(O)=C3c1nc2ccccc2[nH]1. The number of rotatable bonds is 3. The van der Waals surface area contributed by atoms with E-state index in [4.69, 9.17) is 9.47 Å². The van der Waals surface area contributed by atoms with Crippen LogP contribution in [0.3, 0.4) is 0 Å². The second kappa shape index (κ2) is 5.85. The first kappa shape index (κ1) is 16.4. The summed E-state index contributed by atoms with van der Waals surface area (Å²) in [6.45, 7) is 0.182. The molecule has 0 unspecified atom stereocenters. The fourth-order valence-corrected chi connectivity index (χ4v) is 3.62. The van der Waals surface area contributed by atoms with Crippen molar-refractivity contribution in [2.75, 3.05) is 14.2 Å². The van der Waals surface area contributed by atoms with Crippen molar-refractivity contribution in [2.24, 2.45) is 0 Å². The lowest BCUT2D eigenvalue weighted by Crippen LogP contribution is -2.16. The van der Waals surface area contributed by atoms with Gasteiger partial charge in [0.2, 0.25) is 0 Å². The van der Waals surface area contributed by atoms with Crippen LogP contribution in [-0.2, 0) is 6.54 Å². The van der Waals surface area contributed by atoms with Crippen molar-refractivity contribution in [1.82, 2.24) is 19.5 Å². The molecule has 0 saturated carbocycles. The summed E-state index contributed by atoms with van der Waals surface area (Å²) < 4.78 is 12.4. The number of nitrogens with one attached hydrogen (secondary N) is 1. The molecule has 0 saturated heterocycles. The van der Waals surface area contributed by atoms with Gasteiger partial charge in [-0.2, -0.15) is 4.98 Å². The van der Waals surface area contributed by atoms with E-state index in [2.05, 4.69) is 15.0 Å². The molecule has 2 aromatic carbocycles. The Hall–Kier alpha value is -3.81. The minimum absolute atomic E-state index is 0.0910. The van der Waals surface area contributed by atoms with Crippen LogP contribution in [0.2, 0.25) is 0 Å². The number of fused-ring (bicyclic) bond motifs is 4. The Morgan fingerprint density at radius 1 is 1.11 bits per heavy atom. The largest absolute Gasteiger partial charge is 0.509 e. The highest BCUT2D eigenvalue weighted by Gasteiger charge is 2.29. The Morgan fingerprint density at radius 3 is 2.61 bits per heavy atom. The third-order valence-corrected chi connectivity index (χ3v) is 4.93. The van der Waals surface area contributed by atoms with E-state index in [1.54, 1.807) is 16.7 Å². The van der Waals surface area contributed by atoms with Crippen LogP contribution in [0, 0.1) is 0 Å². The summed E-state index contributed by atoms with van der Waals surface area (Å²) in [7, 11) is 3.04. The van der Waals surface area contributed by atoms with Gasteiger partial charge in [-0.15, -0.1) is 0 Å². The molecule has 5 rings (SSSR count). The van der Waals surface area contributed by atoms with Crippen LogP contribution in [0.4, 0.5) is 0 Å². The molecule has 1 aliphatic heterocycles. The number of imidazole rings is 1. The summed E-state index contributed by atoms with van der Waals surface area (Å²) in [5.41, 5.74) is 2.22. The quantitative estimate of drug-likeness (QED) is 0.570. The van der Waals surface area contributed by atoms with E-state index in [9.17, 15) is 9.90 Å². The molecule has 1 aliphatic rings. The predicted molar refractivity (Wildman–Crippen MR) is 104 cm³/mol. The normalized spacial score (nSPS) is 13.4. The second-order valence-electron chi connectivity index (χ2n) is 6.48. The van der Waals surface area contributed by atoms with Gasteiger partial charge >= 0.3 is 0 Å². The summed E-state index contributed by atoms with van der Waals surface area (Å²) >= 11 is 0. The number of aromatic amines is 1. The van der Waals surface area contributed by atoms with Gasteiger partial charge in [0.15, 0.2) is 17.3 Å². The molecular formula is C20H16N4O4. The zero-order valence-corrected chi connectivity index (χ0v) is 15.2. The Bertz CT molecular complexity index is 1320. The Morgan fingerprint density at radius 2 is 1.86 bits per heavy atom. The summed E-state index contributed by atoms with van der Waals surface area (Å²) in [5, 5.41) is 11.1. The van der Waals surface area contributed by atoms with Crippen molar-refractivity contribution in [2.45, 2.75) is 6.54 Å². The minimum atomic E-state index is -0.412. The molecule has 8 heteroatoms. The van der Waals surface area contributed by atoms with Crippen LogP contribution in [0.15, 0.2) is 47.0 Å². The maximum absolute atomic E-state index is 12.7. The van der Waals surface area contributed by atoms with Crippen LogP contribution in [0.25, 0.3) is 27.5 Å².